The Morgan fingerprint density at radius 1 is 1.26 bits per heavy atom. The lowest BCUT2D eigenvalue weighted by atomic mass is 10.1. The Bertz CT molecular complexity index is 510. The molecule has 0 amide bonds. The van der Waals surface area contributed by atoms with Gasteiger partial charge in [0.25, 0.3) is 0 Å². The average Bonchev–Trinajstić information content (AvgIpc) is 2.84. The third-order valence-electron chi connectivity index (χ3n) is 3.31. The van der Waals surface area contributed by atoms with Crippen LogP contribution in [0.15, 0.2) is 12.1 Å². The highest BCUT2D eigenvalue weighted by atomic mass is 16.5. The zero-order chi connectivity index (χ0) is 13.8. The number of rotatable bonds is 6. The fourth-order valence-electron chi connectivity index (χ4n) is 2.01. The van der Waals surface area contributed by atoms with Gasteiger partial charge in [-0.25, -0.2) is 4.98 Å². The van der Waals surface area contributed by atoms with Crippen molar-refractivity contribution in [2.75, 3.05) is 20.8 Å². The van der Waals surface area contributed by atoms with Gasteiger partial charge in [-0.2, -0.15) is 0 Å². The quantitative estimate of drug-likeness (QED) is 0.837. The van der Waals surface area contributed by atoms with Crippen molar-refractivity contribution in [3.63, 3.8) is 0 Å². The molecule has 0 aliphatic heterocycles. The summed E-state index contributed by atoms with van der Waals surface area (Å²) in [6, 6.07) is 3.80. The summed E-state index contributed by atoms with van der Waals surface area (Å²) in [7, 11) is 3.25. The maximum absolute atomic E-state index is 5.62. The van der Waals surface area contributed by atoms with E-state index in [1.807, 2.05) is 12.1 Å². The Kier molecular flexibility index (Phi) is 4.27. The van der Waals surface area contributed by atoms with Crippen molar-refractivity contribution in [3.8, 4) is 11.5 Å². The number of nitrogens with two attached hydrogens (primary N) is 1. The molecule has 19 heavy (non-hydrogen) atoms. The molecule has 5 nitrogen and oxygen atoms in total. The first-order valence-electron chi connectivity index (χ1n) is 6.48. The first-order valence-corrected chi connectivity index (χ1v) is 6.48. The van der Waals surface area contributed by atoms with E-state index in [4.69, 9.17) is 15.2 Å². The number of imidazole rings is 1. The molecular weight excluding hydrogens is 242 g/mol. The number of H-pyrrole nitrogens is 1. The van der Waals surface area contributed by atoms with Gasteiger partial charge in [-0.1, -0.05) is 6.92 Å². The lowest BCUT2D eigenvalue weighted by molar-refractivity contribution is 0.356. The van der Waals surface area contributed by atoms with Gasteiger partial charge in [-0.05, 0) is 18.9 Å². The SMILES string of the molecule is COc1cc2nc(CCC(C)CN)[nH]c2cc1OC. The predicted octanol–water partition coefficient (Wildman–Crippen LogP) is 2.11. The number of nitrogens with one attached hydrogen (secondary N) is 1. The molecule has 0 bridgehead atoms. The summed E-state index contributed by atoms with van der Waals surface area (Å²) in [4.78, 5) is 7.88. The number of aryl methyl sites for hydroxylation is 1. The van der Waals surface area contributed by atoms with Crippen molar-refractivity contribution in [1.29, 1.82) is 0 Å². The van der Waals surface area contributed by atoms with Crippen molar-refractivity contribution in [1.82, 2.24) is 9.97 Å². The summed E-state index contributed by atoms with van der Waals surface area (Å²) >= 11 is 0. The van der Waals surface area contributed by atoms with Crippen molar-refractivity contribution in [3.05, 3.63) is 18.0 Å². The Morgan fingerprint density at radius 2 is 1.95 bits per heavy atom. The van der Waals surface area contributed by atoms with Crippen molar-refractivity contribution in [2.45, 2.75) is 19.8 Å². The molecule has 1 heterocycles. The fourth-order valence-corrected chi connectivity index (χ4v) is 2.01. The van der Waals surface area contributed by atoms with Gasteiger partial charge in [0.1, 0.15) is 5.82 Å². The molecule has 2 rings (SSSR count). The van der Waals surface area contributed by atoms with Crippen LogP contribution < -0.4 is 15.2 Å². The zero-order valence-corrected chi connectivity index (χ0v) is 11.7. The minimum atomic E-state index is 0.511. The maximum Gasteiger partial charge on any atom is 0.163 e. The van der Waals surface area contributed by atoms with Crippen LogP contribution in [0.1, 0.15) is 19.2 Å². The first-order chi connectivity index (χ1) is 9.17. The van der Waals surface area contributed by atoms with E-state index in [0.29, 0.717) is 24.0 Å². The van der Waals surface area contributed by atoms with Gasteiger partial charge in [0.05, 0.1) is 25.3 Å². The van der Waals surface area contributed by atoms with Crippen LogP contribution in [-0.2, 0) is 6.42 Å². The van der Waals surface area contributed by atoms with Gasteiger partial charge in [-0.15, -0.1) is 0 Å². The van der Waals surface area contributed by atoms with Crippen LogP contribution >= 0.6 is 0 Å². The molecule has 0 radical (unpaired) electrons. The molecule has 1 aromatic heterocycles. The van der Waals surface area contributed by atoms with Crippen molar-refractivity contribution in [2.24, 2.45) is 11.7 Å². The van der Waals surface area contributed by atoms with E-state index in [1.165, 1.54) is 0 Å². The second kappa shape index (κ2) is 5.93. The Balaban J connectivity index is 2.24. The number of hydrogen-bond acceptors (Lipinski definition) is 4. The number of fused-ring (bicyclic) bond motifs is 1. The van der Waals surface area contributed by atoms with Crippen LogP contribution in [0.5, 0.6) is 11.5 Å². The largest absolute Gasteiger partial charge is 0.493 e. The van der Waals surface area contributed by atoms with Crippen molar-refractivity contribution >= 4 is 11.0 Å². The van der Waals surface area contributed by atoms with Crippen molar-refractivity contribution < 1.29 is 9.47 Å². The second-order valence-corrected chi connectivity index (χ2v) is 4.79. The molecule has 5 heteroatoms. The highest BCUT2D eigenvalue weighted by Crippen LogP contribution is 2.31. The van der Waals surface area contributed by atoms with E-state index in [9.17, 15) is 0 Å². The molecule has 1 unspecified atom stereocenters. The average molecular weight is 263 g/mol. The number of nitrogens with zero attached hydrogens (tertiary/aromatic N) is 1. The van der Waals surface area contributed by atoms with Gasteiger partial charge in [0.2, 0.25) is 0 Å². The molecule has 0 aliphatic carbocycles. The van der Waals surface area contributed by atoms with Crippen LogP contribution in [0.4, 0.5) is 0 Å². The second-order valence-electron chi connectivity index (χ2n) is 4.79. The molecule has 2 aromatic rings. The Morgan fingerprint density at radius 3 is 2.58 bits per heavy atom. The minimum Gasteiger partial charge on any atom is -0.493 e. The summed E-state index contributed by atoms with van der Waals surface area (Å²) in [6.45, 7) is 2.86. The molecule has 0 spiro atoms. The van der Waals surface area contributed by atoms with E-state index in [-0.39, 0.29) is 0 Å². The molecule has 104 valence electrons. The van der Waals surface area contributed by atoms with E-state index in [2.05, 4.69) is 16.9 Å². The lowest BCUT2D eigenvalue weighted by Gasteiger charge is -2.06. The molecule has 0 fully saturated rings. The van der Waals surface area contributed by atoms with Crippen LogP contribution in [0.2, 0.25) is 0 Å². The highest BCUT2D eigenvalue weighted by molar-refractivity contribution is 5.79. The summed E-state index contributed by atoms with van der Waals surface area (Å²) in [6.07, 6.45) is 1.93. The normalized spacial score (nSPS) is 12.6. The van der Waals surface area contributed by atoms with E-state index in [0.717, 1.165) is 29.7 Å². The van der Waals surface area contributed by atoms with Gasteiger partial charge in [0.15, 0.2) is 11.5 Å². The third kappa shape index (κ3) is 2.98. The molecule has 3 N–H and O–H groups in total. The van der Waals surface area contributed by atoms with E-state index < -0.39 is 0 Å². The van der Waals surface area contributed by atoms with E-state index in [1.54, 1.807) is 14.2 Å². The Labute approximate surface area is 113 Å². The van der Waals surface area contributed by atoms with Gasteiger partial charge in [0, 0.05) is 18.6 Å². The predicted molar refractivity (Wildman–Crippen MR) is 75.7 cm³/mol. The maximum atomic E-state index is 5.62. The number of benzene rings is 1. The number of aromatic amines is 1. The summed E-state index contributed by atoms with van der Waals surface area (Å²) in [5.74, 6) is 2.90. The number of methoxy groups -OCH3 is 2. The molecule has 0 saturated carbocycles. The lowest BCUT2D eigenvalue weighted by Crippen LogP contribution is -2.11. The molecule has 1 atom stereocenters. The molecule has 0 aliphatic rings. The van der Waals surface area contributed by atoms with Gasteiger partial charge in [-0.3, -0.25) is 0 Å². The summed E-state index contributed by atoms with van der Waals surface area (Å²) < 4.78 is 10.6. The number of ether oxygens (including phenoxy) is 2. The third-order valence-corrected chi connectivity index (χ3v) is 3.31. The van der Waals surface area contributed by atoms with Crippen LogP contribution in [-0.4, -0.2) is 30.7 Å². The van der Waals surface area contributed by atoms with Gasteiger partial charge < -0.3 is 20.2 Å². The highest BCUT2D eigenvalue weighted by Gasteiger charge is 2.10. The first kappa shape index (κ1) is 13.7. The number of aromatic nitrogens is 2. The topological polar surface area (TPSA) is 73.2 Å². The summed E-state index contributed by atoms with van der Waals surface area (Å²) in [5.41, 5.74) is 7.49. The molecule has 0 saturated heterocycles. The van der Waals surface area contributed by atoms with E-state index >= 15 is 0 Å². The standard InChI is InChI=1S/C14H21N3O2/c1-9(8-15)4-5-14-16-10-6-12(18-2)13(19-3)7-11(10)17-14/h6-7,9H,4-5,8,15H2,1-3H3,(H,16,17). The monoisotopic (exact) mass is 263 g/mol. The summed E-state index contributed by atoms with van der Waals surface area (Å²) in [5, 5.41) is 0. The fraction of sp³-hybridized carbons (Fsp3) is 0.500. The van der Waals surface area contributed by atoms with Gasteiger partial charge >= 0.3 is 0 Å². The van der Waals surface area contributed by atoms with Crippen LogP contribution in [0, 0.1) is 5.92 Å². The molecular formula is C14H21N3O2. The zero-order valence-electron chi connectivity index (χ0n) is 11.7. The van der Waals surface area contributed by atoms with Crippen LogP contribution in [0.3, 0.4) is 0 Å². The Hall–Kier alpha value is -1.75. The smallest absolute Gasteiger partial charge is 0.163 e. The molecule has 1 aromatic carbocycles. The minimum absolute atomic E-state index is 0.511. The number of hydrogen-bond donors (Lipinski definition) is 2. The van der Waals surface area contributed by atoms with Crippen LogP contribution in [0.25, 0.3) is 11.0 Å².